The van der Waals surface area contributed by atoms with E-state index >= 15 is 4.39 Å². The molecule has 0 radical (unpaired) electrons. The Labute approximate surface area is 155 Å². The van der Waals surface area contributed by atoms with Gasteiger partial charge in [-0.1, -0.05) is 0 Å². The zero-order valence-corrected chi connectivity index (χ0v) is 14.8. The number of amides is 3. The molecule has 1 aromatic carbocycles. The fourth-order valence-electron chi connectivity index (χ4n) is 4.88. The summed E-state index contributed by atoms with van der Waals surface area (Å²) in [5.74, 6) is -1.10. The molecule has 0 saturated carbocycles. The number of carbonyl (C=O) groups is 3. The minimum atomic E-state index is -0.712. The standard InChI is InChI=1S/C19H20FN3O4/c20-12-7-10-11(16-15(12)19(9-27-16)3-5-21-6-4-19)8-23(18(10)26)13-1-2-14(24)22-17(13)25/h7,13,21H,1-6,8-9H2,(H,22,24,25). The van der Waals surface area contributed by atoms with Crippen molar-refractivity contribution in [3.05, 3.63) is 28.6 Å². The van der Waals surface area contributed by atoms with Gasteiger partial charge < -0.3 is 15.0 Å². The first-order valence-electron chi connectivity index (χ1n) is 9.34. The fourth-order valence-corrected chi connectivity index (χ4v) is 4.88. The molecule has 1 aromatic rings. The normalized spacial score (nSPS) is 26.0. The number of nitrogens with one attached hydrogen (secondary N) is 2. The summed E-state index contributed by atoms with van der Waals surface area (Å²) in [6, 6.07) is 0.594. The van der Waals surface area contributed by atoms with E-state index in [-0.39, 0.29) is 42.2 Å². The number of hydrogen-bond donors (Lipinski definition) is 2. The molecule has 27 heavy (non-hydrogen) atoms. The van der Waals surface area contributed by atoms with Gasteiger partial charge in [-0.15, -0.1) is 0 Å². The van der Waals surface area contributed by atoms with Crippen molar-refractivity contribution in [3.63, 3.8) is 0 Å². The van der Waals surface area contributed by atoms with E-state index in [0.29, 0.717) is 23.5 Å². The molecule has 0 aromatic heterocycles. The fraction of sp³-hybridized carbons (Fsp3) is 0.526. The Balaban J connectivity index is 1.53. The van der Waals surface area contributed by atoms with Crippen molar-refractivity contribution in [1.29, 1.82) is 0 Å². The molecule has 1 unspecified atom stereocenters. The van der Waals surface area contributed by atoms with Gasteiger partial charge in [0.25, 0.3) is 5.91 Å². The van der Waals surface area contributed by atoms with E-state index in [2.05, 4.69) is 10.6 Å². The van der Waals surface area contributed by atoms with E-state index < -0.39 is 17.8 Å². The van der Waals surface area contributed by atoms with E-state index in [1.54, 1.807) is 0 Å². The molecular formula is C19H20FN3O4. The molecule has 0 bridgehead atoms. The number of benzene rings is 1. The van der Waals surface area contributed by atoms with Crippen LogP contribution < -0.4 is 15.4 Å². The highest BCUT2D eigenvalue weighted by Gasteiger charge is 2.48. The molecule has 3 amide bonds. The molecule has 2 fully saturated rings. The Kier molecular flexibility index (Phi) is 3.56. The first kappa shape index (κ1) is 16.7. The lowest BCUT2D eigenvalue weighted by atomic mass is 9.74. The number of halogens is 1. The largest absolute Gasteiger partial charge is 0.492 e. The van der Waals surface area contributed by atoms with Gasteiger partial charge in [0.05, 0.1) is 18.7 Å². The van der Waals surface area contributed by atoms with Crippen LogP contribution >= 0.6 is 0 Å². The second-order valence-corrected chi connectivity index (χ2v) is 7.81. The highest BCUT2D eigenvalue weighted by molar-refractivity contribution is 6.05. The van der Waals surface area contributed by atoms with E-state index in [1.807, 2.05) is 0 Å². The average molecular weight is 373 g/mol. The highest BCUT2D eigenvalue weighted by Crippen LogP contribution is 2.50. The van der Waals surface area contributed by atoms with Gasteiger partial charge in [-0.2, -0.15) is 0 Å². The number of ether oxygens (including phenoxy) is 1. The van der Waals surface area contributed by atoms with Crippen LogP contribution in [0.1, 0.15) is 47.2 Å². The number of hydrogen-bond acceptors (Lipinski definition) is 5. The monoisotopic (exact) mass is 373 g/mol. The Hall–Kier alpha value is -2.48. The summed E-state index contributed by atoms with van der Waals surface area (Å²) in [5.41, 5.74) is 1.17. The quantitative estimate of drug-likeness (QED) is 0.704. The summed E-state index contributed by atoms with van der Waals surface area (Å²) >= 11 is 0. The van der Waals surface area contributed by atoms with Crippen molar-refractivity contribution in [2.75, 3.05) is 19.7 Å². The summed E-state index contributed by atoms with van der Waals surface area (Å²) in [6.07, 6.45) is 2.06. The minimum absolute atomic E-state index is 0.190. The van der Waals surface area contributed by atoms with E-state index in [9.17, 15) is 14.4 Å². The van der Waals surface area contributed by atoms with Crippen molar-refractivity contribution >= 4 is 17.7 Å². The summed E-state index contributed by atoms with van der Waals surface area (Å²) in [6.45, 7) is 2.24. The third kappa shape index (κ3) is 2.32. The van der Waals surface area contributed by atoms with Crippen LogP contribution in [0.25, 0.3) is 0 Å². The lowest BCUT2D eigenvalue weighted by Gasteiger charge is -2.32. The second kappa shape index (κ2) is 5.76. The van der Waals surface area contributed by atoms with E-state index in [4.69, 9.17) is 4.74 Å². The number of nitrogens with zero attached hydrogens (tertiary/aromatic N) is 1. The SMILES string of the molecule is O=C1CCC(N2Cc3c(cc(F)c4c3OCC43CCNCC3)C2=O)C(=O)N1. The number of imide groups is 1. The maximum atomic E-state index is 15.1. The van der Waals surface area contributed by atoms with Crippen LogP contribution in [0.2, 0.25) is 0 Å². The molecule has 2 saturated heterocycles. The molecule has 1 atom stereocenters. The van der Waals surface area contributed by atoms with Gasteiger partial charge in [-0.3, -0.25) is 19.7 Å². The molecule has 2 N–H and O–H groups in total. The van der Waals surface area contributed by atoms with Crippen LogP contribution in [-0.2, 0) is 21.5 Å². The Morgan fingerprint density at radius 2 is 2.00 bits per heavy atom. The topological polar surface area (TPSA) is 87.7 Å². The summed E-state index contributed by atoms with van der Waals surface area (Å²) in [4.78, 5) is 37.9. The van der Waals surface area contributed by atoms with Crippen molar-refractivity contribution < 1.29 is 23.5 Å². The molecule has 1 spiro atoms. The maximum absolute atomic E-state index is 15.1. The first-order chi connectivity index (χ1) is 13.0. The Bertz CT molecular complexity index is 878. The van der Waals surface area contributed by atoms with Crippen molar-refractivity contribution in [3.8, 4) is 5.75 Å². The number of piperidine rings is 2. The Morgan fingerprint density at radius 1 is 1.22 bits per heavy atom. The summed E-state index contributed by atoms with van der Waals surface area (Å²) < 4.78 is 21.0. The van der Waals surface area contributed by atoms with Crippen LogP contribution in [0.5, 0.6) is 5.75 Å². The van der Waals surface area contributed by atoms with Gasteiger partial charge in [0.1, 0.15) is 17.6 Å². The molecule has 5 rings (SSSR count). The van der Waals surface area contributed by atoms with Crippen LogP contribution in [0.3, 0.4) is 0 Å². The zero-order valence-electron chi connectivity index (χ0n) is 14.8. The predicted octanol–water partition coefficient (Wildman–Crippen LogP) is 0.600. The van der Waals surface area contributed by atoms with Crippen molar-refractivity contribution in [2.45, 2.75) is 43.7 Å². The number of carbonyl (C=O) groups excluding carboxylic acids is 3. The molecule has 8 heteroatoms. The van der Waals surface area contributed by atoms with Crippen molar-refractivity contribution in [1.82, 2.24) is 15.5 Å². The molecule has 4 heterocycles. The van der Waals surface area contributed by atoms with Crippen LogP contribution in [0.4, 0.5) is 4.39 Å². The first-order valence-corrected chi connectivity index (χ1v) is 9.34. The molecule has 0 aliphatic carbocycles. The van der Waals surface area contributed by atoms with Gasteiger partial charge >= 0.3 is 0 Å². The molecule has 142 valence electrons. The molecule has 4 aliphatic heterocycles. The summed E-state index contributed by atoms with van der Waals surface area (Å²) in [5, 5.41) is 5.57. The molecule has 4 aliphatic rings. The summed E-state index contributed by atoms with van der Waals surface area (Å²) in [7, 11) is 0. The van der Waals surface area contributed by atoms with Crippen LogP contribution in [0, 0.1) is 5.82 Å². The smallest absolute Gasteiger partial charge is 0.255 e. The highest BCUT2D eigenvalue weighted by atomic mass is 19.1. The van der Waals surface area contributed by atoms with E-state index in [1.165, 1.54) is 11.0 Å². The maximum Gasteiger partial charge on any atom is 0.255 e. The lowest BCUT2D eigenvalue weighted by Crippen LogP contribution is -2.52. The van der Waals surface area contributed by atoms with Crippen LogP contribution in [-0.4, -0.2) is 48.4 Å². The predicted molar refractivity (Wildman–Crippen MR) is 91.7 cm³/mol. The van der Waals surface area contributed by atoms with Gasteiger partial charge in [0, 0.05) is 23.0 Å². The second-order valence-electron chi connectivity index (χ2n) is 7.81. The minimum Gasteiger partial charge on any atom is -0.492 e. The lowest BCUT2D eigenvalue weighted by molar-refractivity contribution is -0.136. The third-order valence-electron chi connectivity index (χ3n) is 6.33. The number of rotatable bonds is 1. The van der Waals surface area contributed by atoms with Gasteiger partial charge in [0.15, 0.2) is 0 Å². The average Bonchev–Trinajstić information content (AvgIpc) is 3.16. The van der Waals surface area contributed by atoms with E-state index in [0.717, 1.165) is 25.9 Å². The van der Waals surface area contributed by atoms with Crippen molar-refractivity contribution in [2.24, 2.45) is 0 Å². The molecule has 7 nitrogen and oxygen atoms in total. The van der Waals surface area contributed by atoms with Crippen LogP contribution in [0.15, 0.2) is 6.07 Å². The molecular weight excluding hydrogens is 353 g/mol. The third-order valence-corrected chi connectivity index (χ3v) is 6.33. The van der Waals surface area contributed by atoms with Gasteiger partial charge in [-0.25, -0.2) is 4.39 Å². The number of fused-ring (bicyclic) bond motifs is 4. The van der Waals surface area contributed by atoms with Gasteiger partial charge in [-0.05, 0) is 38.4 Å². The Morgan fingerprint density at radius 3 is 2.74 bits per heavy atom. The van der Waals surface area contributed by atoms with Gasteiger partial charge in [0.2, 0.25) is 11.8 Å². The zero-order chi connectivity index (χ0) is 18.8.